The highest BCUT2D eigenvalue weighted by Gasteiger charge is 2.40. The van der Waals surface area contributed by atoms with Crippen molar-refractivity contribution in [2.75, 3.05) is 26.2 Å². The highest BCUT2D eigenvalue weighted by atomic mass is 32.1. The number of amides is 2. The first-order valence-electron chi connectivity index (χ1n) is 6.01. The fourth-order valence-electron chi connectivity index (χ4n) is 3.02. The molecule has 92 valence electrons. The van der Waals surface area contributed by atoms with Crippen LogP contribution >= 0.6 is 11.3 Å². The number of fused-ring (bicyclic) bond motifs is 1. The van der Waals surface area contributed by atoms with Crippen LogP contribution in [0.3, 0.4) is 0 Å². The smallest absolute Gasteiger partial charge is 0.314 e. The monoisotopic (exact) mass is 251 g/mol. The number of nitrogens with zero attached hydrogens (tertiary/aromatic N) is 2. The van der Waals surface area contributed by atoms with E-state index >= 15 is 0 Å². The molecule has 2 amide bonds. The van der Waals surface area contributed by atoms with Gasteiger partial charge in [0.05, 0.1) is 0 Å². The Kier molecular flexibility index (Phi) is 2.80. The second-order valence-electron chi connectivity index (χ2n) is 5.04. The third kappa shape index (κ3) is 2.17. The lowest BCUT2D eigenvalue weighted by molar-refractivity contribution is 0.208. The summed E-state index contributed by atoms with van der Waals surface area (Å²) in [6.45, 7) is 4.96. The maximum atomic E-state index is 11.1. The number of carbonyl (C=O) groups excluding carboxylic acids is 1. The third-order valence-corrected chi connectivity index (χ3v) is 4.69. The molecule has 3 heterocycles. The Morgan fingerprint density at radius 2 is 2.06 bits per heavy atom. The number of rotatable bonds is 2. The zero-order chi connectivity index (χ0) is 11.8. The van der Waals surface area contributed by atoms with Crippen molar-refractivity contribution in [1.82, 2.24) is 9.80 Å². The van der Waals surface area contributed by atoms with Gasteiger partial charge in [-0.3, -0.25) is 4.90 Å². The van der Waals surface area contributed by atoms with Crippen molar-refractivity contribution in [3.8, 4) is 0 Å². The summed E-state index contributed by atoms with van der Waals surface area (Å²) in [4.78, 5) is 16.8. The minimum atomic E-state index is -0.260. The molecule has 0 saturated carbocycles. The van der Waals surface area contributed by atoms with Crippen LogP contribution in [0.15, 0.2) is 17.5 Å². The van der Waals surface area contributed by atoms with Crippen LogP contribution in [0.2, 0.25) is 0 Å². The van der Waals surface area contributed by atoms with Crippen molar-refractivity contribution >= 4 is 17.4 Å². The summed E-state index contributed by atoms with van der Waals surface area (Å²) in [5.74, 6) is 1.25. The van der Waals surface area contributed by atoms with E-state index < -0.39 is 0 Å². The summed E-state index contributed by atoms with van der Waals surface area (Å²) >= 11 is 1.82. The molecule has 2 saturated heterocycles. The number of nitrogens with two attached hydrogens (primary N) is 1. The molecule has 2 N–H and O–H groups in total. The average Bonchev–Trinajstić information content (AvgIpc) is 2.91. The van der Waals surface area contributed by atoms with Crippen molar-refractivity contribution in [3.63, 3.8) is 0 Å². The molecule has 0 spiro atoms. The number of urea groups is 1. The summed E-state index contributed by atoms with van der Waals surface area (Å²) < 4.78 is 0. The maximum absolute atomic E-state index is 11.1. The fraction of sp³-hybridized carbons (Fsp3) is 0.583. The van der Waals surface area contributed by atoms with E-state index in [0.717, 1.165) is 32.7 Å². The number of thiophene rings is 1. The lowest BCUT2D eigenvalue weighted by atomic mass is 10.0. The molecular formula is C12H17N3OS. The molecule has 2 aliphatic heterocycles. The van der Waals surface area contributed by atoms with Gasteiger partial charge in [0, 0.05) is 37.6 Å². The van der Waals surface area contributed by atoms with Crippen molar-refractivity contribution in [2.45, 2.75) is 6.54 Å². The molecule has 0 unspecified atom stereocenters. The van der Waals surface area contributed by atoms with Gasteiger partial charge in [-0.25, -0.2) is 4.79 Å². The lowest BCUT2D eigenvalue weighted by Gasteiger charge is -2.19. The largest absolute Gasteiger partial charge is 0.351 e. The zero-order valence-corrected chi connectivity index (χ0v) is 10.5. The van der Waals surface area contributed by atoms with Gasteiger partial charge in [-0.2, -0.15) is 0 Å². The summed E-state index contributed by atoms with van der Waals surface area (Å²) in [6, 6.07) is 4.03. The van der Waals surface area contributed by atoms with E-state index in [-0.39, 0.29) is 6.03 Å². The molecule has 2 aliphatic rings. The van der Waals surface area contributed by atoms with Gasteiger partial charge in [-0.1, -0.05) is 6.07 Å². The summed E-state index contributed by atoms with van der Waals surface area (Å²) in [7, 11) is 0. The van der Waals surface area contributed by atoms with Crippen LogP contribution in [0.4, 0.5) is 4.79 Å². The summed E-state index contributed by atoms with van der Waals surface area (Å²) in [5.41, 5.74) is 5.32. The maximum Gasteiger partial charge on any atom is 0.314 e. The van der Waals surface area contributed by atoms with E-state index in [0.29, 0.717) is 11.8 Å². The number of hydrogen-bond acceptors (Lipinski definition) is 3. The van der Waals surface area contributed by atoms with E-state index in [4.69, 9.17) is 5.73 Å². The molecule has 17 heavy (non-hydrogen) atoms. The quantitative estimate of drug-likeness (QED) is 0.858. The van der Waals surface area contributed by atoms with Crippen LogP contribution in [0, 0.1) is 11.8 Å². The Balaban J connectivity index is 1.57. The van der Waals surface area contributed by atoms with Gasteiger partial charge >= 0.3 is 6.03 Å². The molecule has 4 nitrogen and oxygen atoms in total. The topological polar surface area (TPSA) is 49.6 Å². The van der Waals surface area contributed by atoms with Gasteiger partial charge in [-0.15, -0.1) is 11.3 Å². The Labute approximate surface area is 105 Å². The second kappa shape index (κ2) is 4.31. The average molecular weight is 251 g/mol. The normalized spacial score (nSPS) is 28.6. The van der Waals surface area contributed by atoms with Crippen LogP contribution in [-0.4, -0.2) is 42.0 Å². The Hall–Kier alpha value is -1.07. The number of hydrogen-bond donors (Lipinski definition) is 1. The highest BCUT2D eigenvalue weighted by Crippen LogP contribution is 2.32. The molecule has 0 radical (unpaired) electrons. The van der Waals surface area contributed by atoms with Gasteiger partial charge in [0.2, 0.25) is 0 Å². The van der Waals surface area contributed by atoms with Crippen molar-refractivity contribution in [2.24, 2.45) is 17.6 Å². The summed E-state index contributed by atoms with van der Waals surface area (Å²) in [5, 5.41) is 2.13. The van der Waals surface area contributed by atoms with Crippen molar-refractivity contribution in [1.29, 1.82) is 0 Å². The van der Waals surface area contributed by atoms with E-state index in [1.807, 2.05) is 11.3 Å². The Morgan fingerprint density at radius 3 is 2.59 bits per heavy atom. The molecule has 0 aromatic carbocycles. The third-order valence-electron chi connectivity index (χ3n) is 3.83. The van der Waals surface area contributed by atoms with E-state index in [2.05, 4.69) is 22.4 Å². The van der Waals surface area contributed by atoms with Crippen LogP contribution in [-0.2, 0) is 6.54 Å². The molecule has 0 aliphatic carbocycles. The van der Waals surface area contributed by atoms with Gasteiger partial charge in [0.25, 0.3) is 0 Å². The Bertz CT molecular complexity index is 392. The van der Waals surface area contributed by atoms with E-state index in [1.165, 1.54) is 4.88 Å². The first-order valence-corrected chi connectivity index (χ1v) is 6.89. The minimum absolute atomic E-state index is 0.260. The predicted molar refractivity (Wildman–Crippen MR) is 67.7 cm³/mol. The van der Waals surface area contributed by atoms with Crippen LogP contribution in [0.5, 0.6) is 0 Å². The predicted octanol–water partition coefficient (Wildman–Crippen LogP) is 1.19. The SMILES string of the molecule is NC(=O)N1C[C@H]2CN(Cc3cccs3)C[C@H]2C1. The van der Waals surface area contributed by atoms with Gasteiger partial charge in [0.15, 0.2) is 0 Å². The van der Waals surface area contributed by atoms with E-state index in [9.17, 15) is 4.79 Å². The molecule has 2 fully saturated rings. The minimum Gasteiger partial charge on any atom is -0.351 e. The molecule has 1 aromatic heterocycles. The summed E-state index contributed by atoms with van der Waals surface area (Å²) in [6.07, 6.45) is 0. The zero-order valence-electron chi connectivity index (χ0n) is 9.71. The standard InChI is InChI=1S/C12H17N3OS/c13-12(16)15-6-9-4-14(5-10(9)7-15)8-11-2-1-3-17-11/h1-3,9-10H,4-8H2,(H2,13,16)/t9-,10+. The van der Waals surface area contributed by atoms with Crippen LogP contribution in [0.1, 0.15) is 4.88 Å². The van der Waals surface area contributed by atoms with E-state index in [1.54, 1.807) is 4.90 Å². The molecule has 2 atom stereocenters. The van der Waals surface area contributed by atoms with Crippen LogP contribution in [0.25, 0.3) is 0 Å². The van der Waals surface area contributed by atoms with Gasteiger partial charge in [-0.05, 0) is 23.3 Å². The molecule has 5 heteroatoms. The van der Waals surface area contributed by atoms with Crippen molar-refractivity contribution in [3.05, 3.63) is 22.4 Å². The van der Waals surface area contributed by atoms with Gasteiger partial charge < -0.3 is 10.6 Å². The second-order valence-corrected chi connectivity index (χ2v) is 6.07. The van der Waals surface area contributed by atoms with Gasteiger partial charge in [0.1, 0.15) is 0 Å². The van der Waals surface area contributed by atoms with Crippen LogP contribution < -0.4 is 5.73 Å². The lowest BCUT2D eigenvalue weighted by Crippen LogP contribution is -2.36. The first-order chi connectivity index (χ1) is 8.22. The number of carbonyl (C=O) groups is 1. The molecule has 0 bridgehead atoms. The fourth-order valence-corrected chi connectivity index (χ4v) is 3.77. The highest BCUT2D eigenvalue weighted by molar-refractivity contribution is 7.09. The molecule has 1 aromatic rings. The number of primary amides is 1. The first kappa shape index (κ1) is 11.0. The molecular weight excluding hydrogens is 234 g/mol. The molecule has 3 rings (SSSR count). The Morgan fingerprint density at radius 1 is 1.35 bits per heavy atom. The van der Waals surface area contributed by atoms with Crippen molar-refractivity contribution < 1.29 is 4.79 Å². The number of likely N-dealkylation sites (tertiary alicyclic amines) is 2.